The van der Waals surface area contributed by atoms with Gasteiger partial charge in [0.05, 0.1) is 21.4 Å². The van der Waals surface area contributed by atoms with Gasteiger partial charge in [-0.3, -0.25) is 4.79 Å². The first-order valence-electron chi connectivity index (χ1n) is 6.42. The maximum atomic E-state index is 12.3. The Morgan fingerprint density at radius 1 is 1.00 bits per heavy atom. The summed E-state index contributed by atoms with van der Waals surface area (Å²) in [6.45, 7) is -1.20. The Morgan fingerprint density at radius 2 is 1.65 bits per heavy atom. The van der Waals surface area contributed by atoms with E-state index in [1.54, 1.807) is 12.1 Å². The Bertz CT molecular complexity index is 720. The van der Waals surface area contributed by atoms with E-state index in [1.807, 2.05) is 0 Å². The van der Waals surface area contributed by atoms with E-state index in [4.69, 9.17) is 23.2 Å². The normalized spacial score (nSPS) is 11.2. The lowest BCUT2D eigenvalue weighted by Gasteiger charge is -2.14. The quantitative estimate of drug-likeness (QED) is 0.782. The molecule has 0 saturated carbocycles. The number of benzene rings is 2. The van der Waals surface area contributed by atoms with Gasteiger partial charge in [0.25, 0.3) is 5.91 Å². The van der Waals surface area contributed by atoms with E-state index in [0.29, 0.717) is 5.02 Å². The first-order chi connectivity index (χ1) is 10.8. The molecule has 0 aliphatic rings. The van der Waals surface area contributed by atoms with Crippen molar-refractivity contribution in [1.82, 2.24) is 0 Å². The van der Waals surface area contributed by atoms with Crippen molar-refractivity contribution >= 4 is 40.5 Å². The Kier molecular flexibility index (Phi) is 5.38. The SMILES string of the molecule is O=C(Nc1ccccc1NCC(F)(F)F)c1ccc(Cl)c(Cl)c1. The molecule has 0 bridgehead atoms. The summed E-state index contributed by atoms with van der Waals surface area (Å²) in [5.41, 5.74) is 0.635. The summed E-state index contributed by atoms with van der Waals surface area (Å²) in [7, 11) is 0. The molecule has 0 spiro atoms. The monoisotopic (exact) mass is 362 g/mol. The van der Waals surface area contributed by atoms with Crippen LogP contribution in [0.5, 0.6) is 0 Å². The predicted molar refractivity (Wildman–Crippen MR) is 85.4 cm³/mol. The molecule has 0 radical (unpaired) electrons. The first-order valence-corrected chi connectivity index (χ1v) is 7.18. The number of hydrogen-bond acceptors (Lipinski definition) is 2. The summed E-state index contributed by atoms with van der Waals surface area (Å²) in [5, 5.41) is 5.30. The zero-order valence-corrected chi connectivity index (χ0v) is 13.1. The fraction of sp³-hybridized carbons (Fsp3) is 0.133. The highest BCUT2D eigenvalue weighted by atomic mass is 35.5. The number of halogens is 5. The van der Waals surface area contributed by atoms with E-state index in [1.165, 1.54) is 30.3 Å². The van der Waals surface area contributed by atoms with Crippen molar-refractivity contribution in [2.45, 2.75) is 6.18 Å². The van der Waals surface area contributed by atoms with Crippen LogP contribution in [0, 0.1) is 0 Å². The summed E-state index contributed by atoms with van der Waals surface area (Å²) in [4.78, 5) is 12.2. The van der Waals surface area contributed by atoms with E-state index in [0.717, 1.165) is 0 Å². The fourth-order valence-electron chi connectivity index (χ4n) is 1.77. The molecule has 23 heavy (non-hydrogen) atoms. The molecule has 0 unspecified atom stereocenters. The molecule has 2 N–H and O–H groups in total. The minimum Gasteiger partial charge on any atom is -0.375 e. The lowest BCUT2D eigenvalue weighted by Crippen LogP contribution is -2.22. The third kappa shape index (κ3) is 5.04. The summed E-state index contributed by atoms with van der Waals surface area (Å²) < 4.78 is 36.9. The van der Waals surface area contributed by atoms with Gasteiger partial charge in [-0.15, -0.1) is 0 Å². The second kappa shape index (κ2) is 7.10. The topological polar surface area (TPSA) is 41.1 Å². The van der Waals surface area contributed by atoms with Gasteiger partial charge in [-0.1, -0.05) is 35.3 Å². The van der Waals surface area contributed by atoms with Gasteiger partial charge < -0.3 is 10.6 Å². The van der Waals surface area contributed by atoms with Crippen LogP contribution in [-0.2, 0) is 0 Å². The molecule has 2 rings (SSSR count). The molecule has 0 aliphatic heterocycles. The van der Waals surface area contributed by atoms with Gasteiger partial charge in [-0.25, -0.2) is 0 Å². The average Bonchev–Trinajstić information content (AvgIpc) is 2.48. The molecule has 0 fully saturated rings. The molecule has 3 nitrogen and oxygen atoms in total. The molecule has 0 saturated heterocycles. The minimum absolute atomic E-state index is 0.165. The van der Waals surface area contributed by atoms with Crippen LogP contribution in [0.1, 0.15) is 10.4 Å². The number of anilines is 2. The Labute approximate surface area is 140 Å². The van der Waals surface area contributed by atoms with Crippen LogP contribution in [0.4, 0.5) is 24.5 Å². The van der Waals surface area contributed by atoms with Crippen molar-refractivity contribution < 1.29 is 18.0 Å². The van der Waals surface area contributed by atoms with Crippen molar-refractivity contribution in [1.29, 1.82) is 0 Å². The summed E-state index contributed by atoms with van der Waals surface area (Å²) in [6.07, 6.45) is -4.36. The van der Waals surface area contributed by atoms with Gasteiger partial charge in [-0.2, -0.15) is 13.2 Å². The highest BCUT2D eigenvalue weighted by Gasteiger charge is 2.27. The number of rotatable bonds is 4. The van der Waals surface area contributed by atoms with Crippen LogP contribution >= 0.6 is 23.2 Å². The summed E-state index contributed by atoms with van der Waals surface area (Å²) >= 11 is 11.6. The number of amides is 1. The second-order valence-corrected chi connectivity index (χ2v) is 5.41. The molecule has 2 aromatic carbocycles. The van der Waals surface area contributed by atoms with Crippen LogP contribution in [0.25, 0.3) is 0 Å². The van der Waals surface area contributed by atoms with E-state index >= 15 is 0 Å². The number of alkyl halides is 3. The second-order valence-electron chi connectivity index (χ2n) is 4.60. The number of para-hydroxylation sites is 2. The number of hydrogen-bond donors (Lipinski definition) is 2. The Morgan fingerprint density at radius 3 is 2.26 bits per heavy atom. The molecular formula is C15H11Cl2F3N2O. The average molecular weight is 363 g/mol. The maximum absolute atomic E-state index is 12.3. The summed E-state index contributed by atoms with van der Waals surface area (Å²) in [6, 6.07) is 10.4. The Balaban J connectivity index is 2.16. The van der Waals surface area contributed by atoms with Crippen LogP contribution in [-0.4, -0.2) is 18.6 Å². The maximum Gasteiger partial charge on any atom is 0.405 e. The van der Waals surface area contributed by atoms with E-state index in [2.05, 4.69) is 10.6 Å². The van der Waals surface area contributed by atoms with Crippen LogP contribution in [0.2, 0.25) is 10.0 Å². The third-order valence-corrected chi connectivity index (χ3v) is 3.58. The van der Waals surface area contributed by atoms with Gasteiger partial charge in [0.2, 0.25) is 0 Å². The molecule has 0 aromatic heterocycles. The number of nitrogens with one attached hydrogen (secondary N) is 2. The van der Waals surface area contributed by atoms with Gasteiger partial charge in [-0.05, 0) is 30.3 Å². The summed E-state index contributed by atoms with van der Waals surface area (Å²) in [5.74, 6) is -0.509. The highest BCUT2D eigenvalue weighted by molar-refractivity contribution is 6.42. The number of carbonyl (C=O) groups is 1. The molecule has 1 amide bonds. The molecular weight excluding hydrogens is 352 g/mol. The largest absolute Gasteiger partial charge is 0.405 e. The van der Waals surface area contributed by atoms with Crippen molar-refractivity contribution in [3.05, 3.63) is 58.1 Å². The van der Waals surface area contributed by atoms with E-state index < -0.39 is 18.6 Å². The smallest absolute Gasteiger partial charge is 0.375 e. The van der Waals surface area contributed by atoms with Crippen molar-refractivity contribution in [2.24, 2.45) is 0 Å². The van der Waals surface area contributed by atoms with Crippen LogP contribution in [0.15, 0.2) is 42.5 Å². The Hall–Kier alpha value is -1.92. The standard InChI is InChI=1S/C15H11Cl2F3N2O/c16-10-6-5-9(7-11(10)17)14(23)22-13-4-2-1-3-12(13)21-8-15(18,19)20/h1-7,21H,8H2,(H,22,23). The third-order valence-electron chi connectivity index (χ3n) is 2.84. The van der Waals surface area contributed by atoms with Gasteiger partial charge in [0.15, 0.2) is 0 Å². The van der Waals surface area contributed by atoms with E-state index in [-0.39, 0.29) is 22.0 Å². The molecule has 2 aromatic rings. The molecule has 8 heteroatoms. The van der Waals surface area contributed by atoms with Crippen molar-refractivity contribution in [2.75, 3.05) is 17.2 Å². The van der Waals surface area contributed by atoms with Crippen LogP contribution in [0.3, 0.4) is 0 Å². The molecule has 0 aliphatic carbocycles. The lowest BCUT2D eigenvalue weighted by atomic mass is 10.2. The highest BCUT2D eigenvalue weighted by Crippen LogP contribution is 2.26. The first kappa shape index (κ1) is 17.4. The van der Waals surface area contributed by atoms with Gasteiger partial charge in [0, 0.05) is 5.56 Å². The van der Waals surface area contributed by atoms with Gasteiger partial charge >= 0.3 is 6.18 Å². The van der Waals surface area contributed by atoms with E-state index in [9.17, 15) is 18.0 Å². The zero-order valence-electron chi connectivity index (χ0n) is 11.5. The fourth-order valence-corrected chi connectivity index (χ4v) is 2.07. The van der Waals surface area contributed by atoms with Crippen LogP contribution < -0.4 is 10.6 Å². The zero-order chi connectivity index (χ0) is 17.0. The minimum atomic E-state index is -4.36. The lowest BCUT2D eigenvalue weighted by molar-refractivity contribution is -0.115. The molecule has 0 heterocycles. The molecule has 0 atom stereocenters. The predicted octanol–water partition coefficient (Wildman–Crippen LogP) is 5.22. The number of carbonyl (C=O) groups excluding carboxylic acids is 1. The molecule has 122 valence electrons. The van der Waals surface area contributed by atoms with Crippen molar-refractivity contribution in [3.63, 3.8) is 0 Å². The van der Waals surface area contributed by atoms with Gasteiger partial charge in [0.1, 0.15) is 6.54 Å². The van der Waals surface area contributed by atoms with Crippen molar-refractivity contribution in [3.8, 4) is 0 Å².